The van der Waals surface area contributed by atoms with E-state index in [-0.39, 0.29) is 23.1 Å². The van der Waals surface area contributed by atoms with Crippen molar-refractivity contribution >= 4 is 0 Å². The number of ether oxygens (including phenoxy) is 1. The second-order valence-corrected chi connectivity index (χ2v) is 4.73. The summed E-state index contributed by atoms with van der Waals surface area (Å²) < 4.78 is 5.52. The van der Waals surface area contributed by atoms with Crippen molar-refractivity contribution in [1.82, 2.24) is 9.97 Å². The molecule has 1 aromatic heterocycles. The molecule has 0 unspecified atom stereocenters. The van der Waals surface area contributed by atoms with Crippen LogP contribution in [0.4, 0.5) is 0 Å². The van der Waals surface area contributed by atoms with Crippen LogP contribution in [0.1, 0.15) is 31.2 Å². The Morgan fingerprint density at radius 2 is 2.00 bits per heavy atom. The standard InChI is InChI=1S/C14H16N2O3/c1-8(2)14-15-12(18)7-13(16-14)19-11-5-9(3)4-10(17)6-11/h4-8,17H,1-3H3,(H,15,16,18). The summed E-state index contributed by atoms with van der Waals surface area (Å²) in [5.74, 6) is 1.45. The summed E-state index contributed by atoms with van der Waals surface area (Å²) in [5, 5.41) is 9.50. The van der Waals surface area contributed by atoms with Crippen LogP contribution < -0.4 is 10.3 Å². The van der Waals surface area contributed by atoms with E-state index in [0.717, 1.165) is 5.56 Å². The Bertz CT molecular complexity index is 627. The summed E-state index contributed by atoms with van der Waals surface area (Å²) in [6.07, 6.45) is 0. The Kier molecular flexibility index (Phi) is 3.55. The lowest BCUT2D eigenvalue weighted by Gasteiger charge is -2.09. The van der Waals surface area contributed by atoms with Crippen LogP contribution in [0, 0.1) is 6.92 Å². The molecular formula is C14H16N2O3. The Hall–Kier alpha value is -2.30. The fraction of sp³-hybridized carbons (Fsp3) is 0.286. The van der Waals surface area contributed by atoms with E-state index in [0.29, 0.717) is 11.6 Å². The van der Waals surface area contributed by atoms with Gasteiger partial charge in [0.15, 0.2) is 0 Å². The minimum Gasteiger partial charge on any atom is -0.508 e. The zero-order valence-corrected chi connectivity index (χ0v) is 11.1. The number of phenols is 1. The second-order valence-electron chi connectivity index (χ2n) is 4.73. The molecule has 2 N–H and O–H groups in total. The van der Waals surface area contributed by atoms with E-state index in [2.05, 4.69) is 9.97 Å². The van der Waals surface area contributed by atoms with Gasteiger partial charge in [-0.05, 0) is 24.6 Å². The molecule has 0 fully saturated rings. The van der Waals surface area contributed by atoms with Gasteiger partial charge in [0.2, 0.25) is 5.88 Å². The van der Waals surface area contributed by atoms with Gasteiger partial charge in [-0.15, -0.1) is 0 Å². The number of benzene rings is 1. The summed E-state index contributed by atoms with van der Waals surface area (Å²) in [6, 6.07) is 6.14. The van der Waals surface area contributed by atoms with E-state index in [1.54, 1.807) is 12.1 Å². The van der Waals surface area contributed by atoms with Crippen LogP contribution in [0.5, 0.6) is 17.4 Å². The number of aromatic hydroxyl groups is 1. The Balaban J connectivity index is 2.35. The summed E-state index contributed by atoms with van der Waals surface area (Å²) in [5.41, 5.74) is 0.606. The Morgan fingerprint density at radius 1 is 1.26 bits per heavy atom. The van der Waals surface area contributed by atoms with E-state index < -0.39 is 0 Å². The van der Waals surface area contributed by atoms with E-state index in [9.17, 15) is 9.90 Å². The number of nitrogens with one attached hydrogen (secondary N) is 1. The highest BCUT2D eigenvalue weighted by molar-refractivity contribution is 5.38. The molecule has 0 saturated heterocycles. The van der Waals surface area contributed by atoms with Crippen LogP contribution in [-0.4, -0.2) is 15.1 Å². The highest BCUT2D eigenvalue weighted by Gasteiger charge is 2.07. The molecule has 0 aliphatic heterocycles. The molecule has 19 heavy (non-hydrogen) atoms. The third kappa shape index (κ3) is 3.34. The lowest BCUT2D eigenvalue weighted by Crippen LogP contribution is -2.11. The van der Waals surface area contributed by atoms with Gasteiger partial charge in [0.05, 0.1) is 6.07 Å². The number of aromatic nitrogens is 2. The van der Waals surface area contributed by atoms with Crippen LogP contribution >= 0.6 is 0 Å². The largest absolute Gasteiger partial charge is 0.508 e. The first-order chi connectivity index (χ1) is 8.94. The normalized spacial score (nSPS) is 10.7. The zero-order chi connectivity index (χ0) is 14.0. The minimum absolute atomic E-state index is 0.0992. The lowest BCUT2D eigenvalue weighted by molar-refractivity contribution is 0.440. The van der Waals surface area contributed by atoms with E-state index >= 15 is 0 Å². The third-order valence-electron chi connectivity index (χ3n) is 2.54. The number of nitrogens with zero attached hydrogens (tertiary/aromatic N) is 1. The molecule has 1 heterocycles. The topological polar surface area (TPSA) is 75.2 Å². The van der Waals surface area contributed by atoms with Crippen LogP contribution in [-0.2, 0) is 0 Å². The van der Waals surface area contributed by atoms with E-state index in [4.69, 9.17) is 4.74 Å². The van der Waals surface area contributed by atoms with Crippen LogP contribution in [0.15, 0.2) is 29.1 Å². The first-order valence-corrected chi connectivity index (χ1v) is 6.04. The number of H-pyrrole nitrogens is 1. The van der Waals surface area contributed by atoms with Crippen LogP contribution in [0.3, 0.4) is 0 Å². The maximum Gasteiger partial charge on any atom is 0.254 e. The fourth-order valence-corrected chi connectivity index (χ4v) is 1.69. The molecule has 5 heteroatoms. The van der Waals surface area contributed by atoms with Gasteiger partial charge >= 0.3 is 0 Å². The zero-order valence-electron chi connectivity index (χ0n) is 11.1. The molecule has 0 radical (unpaired) electrons. The van der Waals surface area contributed by atoms with Crippen molar-refractivity contribution in [2.24, 2.45) is 0 Å². The van der Waals surface area contributed by atoms with Gasteiger partial charge in [-0.1, -0.05) is 13.8 Å². The predicted octanol–water partition coefficient (Wildman–Crippen LogP) is 2.70. The van der Waals surface area contributed by atoms with Crippen LogP contribution in [0.2, 0.25) is 0 Å². The first kappa shape index (κ1) is 13.1. The second kappa shape index (κ2) is 5.14. The average Bonchev–Trinajstić information content (AvgIpc) is 2.26. The number of aromatic amines is 1. The van der Waals surface area contributed by atoms with E-state index in [1.165, 1.54) is 12.1 Å². The van der Waals surface area contributed by atoms with Gasteiger partial charge < -0.3 is 14.8 Å². The maximum atomic E-state index is 11.5. The quantitative estimate of drug-likeness (QED) is 0.889. The molecule has 1 aromatic carbocycles. The van der Waals surface area contributed by atoms with Crippen molar-refractivity contribution in [3.05, 3.63) is 46.0 Å². The number of hydrogen-bond donors (Lipinski definition) is 2. The van der Waals surface area contributed by atoms with Gasteiger partial charge in [0.25, 0.3) is 5.56 Å². The van der Waals surface area contributed by atoms with Crippen molar-refractivity contribution in [1.29, 1.82) is 0 Å². The van der Waals surface area contributed by atoms with Gasteiger partial charge in [0.1, 0.15) is 17.3 Å². The first-order valence-electron chi connectivity index (χ1n) is 6.04. The highest BCUT2D eigenvalue weighted by atomic mass is 16.5. The van der Waals surface area contributed by atoms with Crippen molar-refractivity contribution in [3.8, 4) is 17.4 Å². The fourth-order valence-electron chi connectivity index (χ4n) is 1.69. The Labute approximate surface area is 110 Å². The summed E-state index contributed by atoms with van der Waals surface area (Å²) in [7, 11) is 0. The molecule has 2 rings (SSSR count). The molecule has 5 nitrogen and oxygen atoms in total. The van der Waals surface area contributed by atoms with E-state index in [1.807, 2.05) is 20.8 Å². The van der Waals surface area contributed by atoms with Gasteiger partial charge in [-0.2, -0.15) is 4.98 Å². The number of phenolic OH excluding ortho intramolecular Hbond substituents is 1. The third-order valence-corrected chi connectivity index (χ3v) is 2.54. The maximum absolute atomic E-state index is 11.5. The van der Waals surface area contributed by atoms with Gasteiger partial charge in [-0.3, -0.25) is 4.79 Å². The Morgan fingerprint density at radius 3 is 2.63 bits per heavy atom. The number of hydrogen-bond acceptors (Lipinski definition) is 4. The van der Waals surface area contributed by atoms with Crippen LogP contribution in [0.25, 0.3) is 0 Å². The lowest BCUT2D eigenvalue weighted by atomic mass is 10.2. The van der Waals surface area contributed by atoms with Gasteiger partial charge in [-0.25, -0.2) is 0 Å². The molecule has 0 aliphatic carbocycles. The van der Waals surface area contributed by atoms with Crippen molar-refractivity contribution < 1.29 is 9.84 Å². The van der Waals surface area contributed by atoms with Crippen molar-refractivity contribution in [3.63, 3.8) is 0 Å². The molecule has 2 aromatic rings. The predicted molar refractivity (Wildman–Crippen MR) is 71.9 cm³/mol. The molecule has 0 bridgehead atoms. The van der Waals surface area contributed by atoms with Gasteiger partial charge in [0, 0.05) is 12.0 Å². The van der Waals surface area contributed by atoms with Crippen molar-refractivity contribution in [2.75, 3.05) is 0 Å². The minimum atomic E-state index is -0.259. The molecule has 0 amide bonds. The molecule has 0 spiro atoms. The van der Waals surface area contributed by atoms with Crippen molar-refractivity contribution in [2.45, 2.75) is 26.7 Å². The monoisotopic (exact) mass is 260 g/mol. The number of rotatable bonds is 3. The molecular weight excluding hydrogens is 244 g/mol. The highest BCUT2D eigenvalue weighted by Crippen LogP contribution is 2.25. The molecule has 0 atom stereocenters. The summed E-state index contributed by atoms with van der Waals surface area (Å²) in [4.78, 5) is 18.4. The number of aryl methyl sites for hydroxylation is 1. The average molecular weight is 260 g/mol. The summed E-state index contributed by atoms with van der Waals surface area (Å²) >= 11 is 0. The molecule has 100 valence electrons. The smallest absolute Gasteiger partial charge is 0.254 e. The molecule has 0 saturated carbocycles. The summed E-state index contributed by atoms with van der Waals surface area (Å²) in [6.45, 7) is 5.71. The molecule has 0 aliphatic rings. The SMILES string of the molecule is Cc1cc(O)cc(Oc2cc(=O)[nH]c(C(C)C)n2)c1.